The van der Waals surface area contributed by atoms with E-state index in [-0.39, 0.29) is 0 Å². The first-order valence-corrected chi connectivity index (χ1v) is 8.70. The molecule has 0 N–H and O–H groups in total. The van der Waals surface area contributed by atoms with Crippen LogP contribution in [0.1, 0.15) is 76.6 Å². The summed E-state index contributed by atoms with van der Waals surface area (Å²) in [7, 11) is 0. The first kappa shape index (κ1) is 17.0. The van der Waals surface area contributed by atoms with Gasteiger partial charge in [0.05, 0.1) is 0 Å². The molecule has 0 amide bonds. The molecular weight excluding hydrogens is 307 g/mol. The van der Waals surface area contributed by atoms with Gasteiger partial charge in [-0.3, -0.25) is 0 Å². The summed E-state index contributed by atoms with van der Waals surface area (Å²) < 4.78 is 5.95. The van der Waals surface area contributed by atoms with Gasteiger partial charge in [-0.2, -0.15) is 0 Å². The van der Waals surface area contributed by atoms with Crippen LogP contribution < -0.4 is 0 Å². The first-order valence-electron chi connectivity index (χ1n) is 7.95. The van der Waals surface area contributed by atoms with Gasteiger partial charge in [-0.1, -0.05) is 49.9 Å². The summed E-state index contributed by atoms with van der Waals surface area (Å²) in [5.41, 5.74) is 0.438. The van der Waals surface area contributed by atoms with Gasteiger partial charge in [0, 0.05) is 12.2 Å². The predicted molar refractivity (Wildman–Crippen MR) is 87.1 cm³/mol. The zero-order valence-corrected chi connectivity index (χ0v) is 14.6. The molecule has 0 radical (unpaired) electrons. The summed E-state index contributed by atoms with van der Waals surface area (Å²) in [6.45, 7) is 6.76. The maximum Gasteiger partial charge on any atom is 0.163 e. The molecule has 1 saturated carbocycles. The van der Waals surface area contributed by atoms with E-state index < -0.39 is 5.60 Å². The van der Waals surface area contributed by atoms with Crippen LogP contribution in [-0.4, -0.2) is 16.6 Å². The van der Waals surface area contributed by atoms with E-state index in [1.807, 2.05) is 6.92 Å². The molecule has 1 heterocycles. The molecule has 1 fully saturated rings. The van der Waals surface area contributed by atoms with E-state index in [2.05, 4.69) is 23.8 Å². The van der Waals surface area contributed by atoms with Crippen molar-refractivity contribution in [3.8, 4) is 0 Å². The van der Waals surface area contributed by atoms with Crippen molar-refractivity contribution in [2.75, 3.05) is 6.61 Å². The van der Waals surface area contributed by atoms with Crippen LogP contribution in [-0.2, 0) is 10.3 Å². The summed E-state index contributed by atoms with van der Waals surface area (Å²) >= 11 is 12.9. The Hall–Kier alpha value is -0.380. The van der Waals surface area contributed by atoms with Crippen LogP contribution in [0.25, 0.3) is 0 Å². The van der Waals surface area contributed by atoms with Crippen LogP contribution >= 0.6 is 23.2 Å². The van der Waals surface area contributed by atoms with Gasteiger partial charge in [0.1, 0.15) is 15.9 Å². The van der Waals surface area contributed by atoms with Crippen LogP contribution in [0.15, 0.2) is 0 Å². The zero-order valence-electron chi connectivity index (χ0n) is 13.1. The lowest BCUT2D eigenvalue weighted by Crippen LogP contribution is -2.31. The molecule has 5 heteroatoms. The lowest BCUT2D eigenvalue weighted by atomic mass is 9.95. The number of halogens is 2. The minimum absolute atomic E-state index is 0.406. The van der Waals surface area contributed by atoms with Crippen molar-refractivity contribution in [1.29, 1.82) is 0 Å². The molecule has 2 rings (SSSR count). The van der Waals surface area contributed by atoms with Crippen molar-refractivity contribution in [2.45, 2.75) is 70.8 Å². The van der Waals surface area contributed by atoms with Gasteiger partial charge in [-0.15, -0.1) is 0 Å². The normalized spacial score (nSPS) is 16.6. The summed E-state index contributed by atoms with van der Waals surface area (Å²) in [5, 5.41) is 1.01. The third-order valence-corrected chi connectivity index (χ3v) is 5.16. The number of ether oxygens (including phenoxy) is 1. The summed E-state index contributed by atoms with van der Waals surface area (Å²) in [4.78, 5) is 9.11. The van der Waals surface area contributed by atoms with Crippen molar-refractivity contribution in [3.05, 3.63) is 21.7 Å². The topological polar surface area (TPSA) is 35.0 Å². The van der Waals surface area contributed by atoms with E-state index in [9.17, 15) is 0 Å². The molecule has 21 heavy (non-hydrogen) atoms. The van der Waals surface area contributed by atoms with Gasteiger partial charge in [0.15, 0.2) is 5.82 Å². The average Bonchev–Trinajstić information content (AvgIpc) is 2.98. The molecule has 0 aliphatic heterocycles. The third-order valence-electron chi connectivity index (χ3n) is 4.59. The monoisotopic (exact) mass is 330 g/mol. The van der Waals surface area contributed by atoms with Gasteiger partial charge in [0.2, 0.25) is 0 Å². The van der Waals surface area contributed by atoms with Gasteiger partial charge in [0.25, 0.3) is 0 Å². The smallest absolute Gasteiger partial charge is 0.163 e. The van der Waals surface area contributed by atoms with E-state index >= 15 is 0 Å². The molecule has 0 bridgehead atoms. The van der Waals surface area contributed by atoms with E-state index in [1.54, 1.807) is 0 Å². The Bertz CT molecular complexity index is 460. The van der Waals surface area contributed by atoms with Crippen LogP contribution in [0.4, 0.5) is 0 Å². The number of rotatable bonds is 6. The lowest BCUT2D eigenvalue weighted by molar-refractivity contribution is -0.0571. The predicted octanol–water partition coefficient (Wildman–Crippen LogP) is 5.49. The van der Waals surface area contributed by atoms with Gasteiger partial charge in [-0.05, 0) is 38.5 Å². The van der Waals surface area contributed by atoms with Crippen molar-refractivity contribution in [1.82, 2.24) is 9.97 Å². The number of aromatic nitrogens is 2. The van der Waals surface area contributed by atoms with Crippen molar-refractivity contribution >= 4 is 23.2 Å². The van der Waals surface area contributed by atoms with Gasteiger partial charge in [-0.25, -0.2) is 9.97 Å². The minimum atomic E-state index is -0.490. The summed E-state index contributed by atoms with van der Waals surface area (Å²) in [6, 6.07) is 0. The maximum atomic E-state index is 6.44. The van der Waals surface area contributed by atoms with Crippen molar-refractivity contribution in [3.63, 3.8) is 0 Å². The Kier molecular flexibility index (Phi) is 5.87. The molecule has 1 aromatic rings. The van der Waals surface area contributed by atoms with Crippen molar-refractivity contribution in [2.24, 2.45) is 0 Å². The molecule has 1 aliphatic rings. The Labute approximate surface area is 137 Å². The second-order valence-corrected chi connectivity index (χ2v) is 6.37. The highest BCUT2D eigenvalue weighted by Gasteiger charge is 2.34. The minimum Gasteiger partial charge on any atom is -0.367 e. The highest BCUT2D eigenvalue weighted by Crippen LogP contribution is 2.41. The highest BCUT2D eigenvalue weighted by atomic mass is 35.5. The van der Waals surface area contributed by atoms with Gasteiger partial charge < -0.3 is 4.74 Å². The summed E-state index contributed by atoms with van der Waals surface area (Å²) in [5.74, 6) is 1.02. The summed E-state index contributed by atoms with van der Waals surface area (Å²) in [6.07, 6.45) is 6.30. The fraction of sp³-hybridized carbons (Fsp3) is 0.750. The largest absolute Gasteiger partial charge is 0.367 e. The highest BCUT2D eigenvalue weighted by molar-refractivity contribution is 6.34. The molecule has 1 aliphatic carbocycles. The molecule has 0 saturated heterocycles. The quantitative estimate of drug-likeness (QED) is 0.646. The van der Waals surface area contributed by atoms with Crippen molar-refractivity contribution < 1.29 is 4.74 Å². The Morgan fingerprint density at radius 2 is 1.57 bits per heavy atom. The maximum absolute atomic E-state index is 6.44. The van der Waals surface area contributed by atoms with Crippen LogP contribution in [0.2, 0.25) is 10.3 Å². The molecule has 118 valence electrons. The Balaban J connectivity index is 2.42. The third kappa shape index (κ3) is 3.35. The molecule has 1 aromatic heterocycles. The first-order chi connectivity index (χ1) is 10.1. The lowest BCUT2D eigenvalue weighted by Gasteiger charge is -2.30. The molecule has 0 aromatic carbocycles. The molecule has 3 nitrogen and oxygen atoms in total. The number of hydrogen-bond acceptors (Lipinski definition) is 3. The second kappa shape index (κ2) is 7.26. The van der Waals surface area contributed by atoms with E-state index in [0.717, 1.165) is 31.2 Å². The van der Waals surface area contributed by atoms with E-state index in [1.165, 1.54) is 12.8 Å². The molecule has 0 atom stereocenters. The molecule has 0 unspecified atom stereocenters. The van der Waals surface area contributed by atoms with Crippen LogP contribution in [0, 0.1) is 0 Å². The van der Waals surface area contributed by atoms with Crippen LogP contribution in [0.3, 0.4) is 0 Å². The number of nitrogens with zero attached hydrogens (tertiary/aromatic N) is 2. The average molecular weight is 331 g/mol. The number of hydrogen-bond donors (Lipinski definition) is 0. The Morgan fingerprint density at radius 3 is 2.00 bits per heavy atom. The Morgan fingerprint density at radius 1 is 1.05 bits per heavy atom. The van der Waals surface area contributed by atoms with E-state index in [0.29, 0.717) is 28.7 Å². The zero-order chi connectivity index (χ0) is 15.5. The van der Waals surface area contributed by atoms with Gasteiger partial charge >= 0.3 is 0 Å². The fourth-order valence-corrected chi connectivity index (χ4v) is 3.98. The fourth-order valence-electron chi connectivity index (χ4n) is 3.28. The van der Waals surface area contributed by atoms with E-state index in [4.69, 9.17) is 27.9 Å². The standard InChI is InChI=1S/C16H24Cl2N2O/c1-4-16(5-2,21-6-3)15-19-13(17)12(14(18)20-15)11-9-7-8-10-11/h11H,4-10H2,1-3H3. The van der Waals surface area contributed by atoms with Crippen LogP contribution in [0.5, 0.6) is 0 Å². The SMILES string of the molecule is CCOC(CC)(CC)c1nc(Cl)c(C2CCCC2)c(Cl)n1. The molecular formula is C16H24Cl2N2O. The second-order valence-electron chi connectivity index (χ2n) is 5.66. The molecule has 0 spiro atoms.